The van der Waals surface area contributed by atoms with Gasteiger partial charge < -0.3 is 10.6 Å². The Balaban J connectivity index is 2.58. The normalized spacial score (nSPS) is 12.2. The van der Waals surface area contributed by atoms with Crippen LogP contribution in [0.5, 0.6) is 0 Å². The van der Waals surface area contributed by atoms with Crippen molar-refractivity contribution in [2.24, 2.45) is 5.92 Å². The first-order valence-electron chi connectivity index (χ1n) is 5.82. The Morgan fingerprint density at radius 2 is 2.18 bits per heavy atom. The minimum Gasteiger partial charge on any atom is -0.326 e. The average molecular weight is 238 g/mol. The predicted molar refractivity (Wildman–Crippen MR) is 67.5 cm³/mol. The van der Waals surface area contributed by atoms with E-state index in [1.807, 2.05) is 13.8 Å². The van der Waals surface area contributed by atoms with Crippen LogP contribution in [-0.4, -0.2) is 19.0 Å². The Bertz CT molecular complexity index is 393. The van der Waals surface area contributed by atoms with Gasteiger partial charge in [-0.15, -0.1) is 0 Å². The molecule has 0 aliphatic heterocycles. The smallest absolute Gasteiger partial charge is 0.228 e. The summed E-state index contributed by atoms with van der Waals surface area (Å²) >= 11 is 0. The number of amides is 1. The number of halogens is 1. The first-order valence-corrected chi connectivity index (χ1v) is 5.82. The lowest BCUT2D eigenvalue weighted by atomic mass is 10.1. The maximum absolute atomic E-state index is 13.0. The molecule has 2 N–H and O–H groups in total. The lowest BCUT2D eigenvalue weighted by Gasteiger charge is -2.12. The number of carbonyl (C=O) groups is 1. The van der Waals surface area contributed by atoms with Crippen LogP contribution in [0.25, 0.3) is 0 Å². The lowest BCUT2D eigenvalue weighted by molar-refractivity contribution is -0.119. The molecule has 3 nitrogen and oxygen atoms in total. The summed E-state index contributed by atoms with van der Waals surface area (Å²) in [5, 5.41) is 5.89. The number of hydrogen-bond donors (Lipinski definition) is 2. The third-order valence-corrected chi connectivity index (χ3v) is 2.57. The largest absolute Gasteiger partial charge is 0.326 e. The molecule has 0 bridgehead atoms. The summed E-state index contributed by atoms with van der Waals surface area (Å²) in [4.78, 5) is 11.8. The average Bonchev–Trinajstić information content (AvgIpc) is 2.30. The number of nitrogens with one attached hydrogen (secondary N) is 2. The molecule has 1 amide bonds. The number of hydrogen-bond acceptors (Lipinski definition) is 2. The molecule has 4 heteroatoms. The van der Waals surface area contributed by atoms with Gasteiger partial charge in [0.1, 0.15) is 5.82 Å². The fourth-order valence-corrected chi connectivity index (χ4v) is 1.44. The SMILES string of the molecule is CCNCC(C)C(=O)Nc1ccc(F)c(C)c1. The Morgan fingerprint density at radius 1 is 1.47 bits per heavy atom. The maximum atomic E-state index is 13.0. The number of carbonyl (C=O) groups excluding carboxylic acids is 1. The van der Waals surface area contributed by atoms with Gasteiger partial charge >= 0.3 is 0 Å². The molecule has 0 aliphatic carbocycles. The molecule has 94 valence electrons. The minimum absolute atomic E-state index is 0.0584. The van der Waals surface area contributed by atoms with Crippen LogP contribution in [0.15, 0.2) is 18.2 Å². The van der Waals surface area contributed by atoms with Gasteiger partial charge in [0.25, 0.3) is 0 Å². The van der Waals surface area contributed by atoms with Gasteiger partial charge in [0, 0.05) is 18.2 Å². The van der Waals surface area contributed by atoms with E-state index in [0.29, 0.717) is 17.8 Å². The molecular weight excluding hydrogens is 219 g/mol. The number of aryl methyl sites for hydroxylation is 1. The van der Waals surface area contributed by atoms with Gasteiger partial charge in [-0.25, -0.2) is 4.39 Å². The van der Waals surface area contributed by atoms with Crippen molar-refractivity contribution in [3.05, 3.63) is 29.6 Å². The van der Waals surface area contributed by atoms with Gasteiger partial charge in [0.05, 0.1) is 0 Å². The van der Waals surface area contributed by atoms with Gasteiger partial charge in [0.2, 0.25) is 5.91 Å². The molecule has 0 saturated heterocycles. The Kier molecular flexibility index (Phi) is 5.10. The maximum Gasteiger partial charge on any atom is 0.228 e. The van der Waals surface area contributed by atoms with E-state index in [-0.39, 0.29) is 17.6 Å². The molecule has 1 aromatic rings. The van der Waals surface area contributed by atoms with Crippen LogP contribution >= 0.6 is 0 Å². The molecule has 0 aromatic heterocycles. The quantitative estimate of drug-likeness (QED) is 0.826. The standard InChI is InChI=1S/C13H19FN2O/c1-4-15-8-10(3)13(17)16-11-5-6-12(14)9(2)7-11/h5-7,10,15H,4,8H2,1-3H3,(H,16,17). The molecular formula is C13H19FN2O. The van der Waals surface area contributed by atoms with Crippen molar-refractivity contribution in [3.8, 4) is 0 Å². The highest BCUT2D eigenvalue weighted by Gasteiger charge is 2.12. The van der Waals surface area contributed by atoms with E-state index in [9.17, 15) is 9.18 Å². The van der Waals surface area contributed by atoms with Crippen molar-refractivity contribution in [2.45, 2.75) is 20.8 Å². The van der Waals surface area contributed by atoms with Gasteiger partial charge in [-0.05, 0) is 37.2 Å². The van der Waals surface area contributed by atoms with Gasteiger partial charge in [-0.2, -0.15) is 0 Å². The molecule has 0 radical (unpaired) electrons. The van der Waals surface area contributed by atoms with Crippen LogP contribution < -0.4 is 10.6 Å². The lowest BCUT2D eigenvalue weighted by Crippen LogP contribution is -2.30. The highest BCUT2D eigenvalue weighted by Crippen LogP contribution is 2.14. The van der Waals surface area contributed by atoms with Crippen molar-refractivity contribution in [1.29, 1.82) is 0 Å². The summed E-state index contributed by atoms with van der Waals surface area (Å²) in [5.74, 6) is -0.430. The van der Waals surface area contributed by atoms with Crippen LogP contribution in [0.4, 0.5) is 10.1 Å². The molecule has 0 aliphatic rings. The van der Waals surface area contributed by atoms with Crippen molar-refractivity contribution < 1.29 is 9.18 Å². The van der Waals surface area contributed by atoms with Crippen molar-refractivity contribution in [3.63, 3.8) is 0 Å². The van der Waals surface area contributed by atoms with E-state index in [1.165, 1.54) is 6.07 Å². The number of anilines is 1. The zero-order chi connectivity index (χ0) is 12.8. The zero-order valence-corrected chi connectivity index (χ0v) is 10.5. The van der Waals surface area contributed by atoms with Gasteiger partial charge in [-0.1, -0.05) is 13.8 Å². The van der Waals surface area contributed by atoms with E-state index in [4.69, 9.17) is 0 Å². The minimum atomic E-state index is -0.260. The van der Waals surface area contributed by atoms with E-state index >= 15 is 0 Å². The molecule has 0 spiro atoms. The van der Waals surface area contributed by atoms with Crippen LogP contribution in [0.2, 0.25) is 0 Å². The second-order valence-corrected chi connectivity index (χ2v) is 4.16. The first kappa shape index (κ1) is 13.6. The highest BCUT2D eigenvalue weighted by molar-refractivity contribution is 5.92. The molecule has 1 aromatic carbocycles. The van der Waals surface area contributed by atoms with Crippen molar-refractivity contribution in [1.82, 2.24) is 5.32 Å². The topological polar surface area (TPSA) is 41.1 Å². The highest BCUT2D eigenvalue weighted by atomic mass is 19.1. The summed E-state index contributed by atoms with van der Waals surface area (Å²) in [5.41, 5.74) is 1.17. The fourth-order valence-electron chi connectivity index (χ4n) is 1.44. The summed E-state index contributed by atoms with van der Waals surface area (Å²) in [6.07, 6.45) is 0. The summed E-state index contributed by atoms with van der Waals surface area (Å²) in [6.45, 7) is 7.01. The summed E-state index contributed by atoms with van der Waals surface area (Å²) in [6, 6.07) is 4.56. The Hall–Kier alpha value is -1.42. The van der Waals surface area contributed by atoms with Crippen LogP contribution in [0, 0.1) is 18.7 Å². The third kappa shape index (κ3) is 4.15. The Morgan fingerprint density at radius 3 is 2.76 bits per heavy atom. The van der Waals surface area contributed by atoms with Crippen LogP contribution in [0.1, 0.15) is 19.4 Å². The second kappa shape index (κ2) is 6.35. The molecule has 1 unspecified atom stereocenters. The van der Waals surface area contributed by atoms with E-state index in [2.05, 4.69) is 10.6 Å². The van der Waals surface area contributed by atoms with Crippen LogP contribution in [-0.2, 0) is 4.79 Å². The molecule has 0 saturated carbocycles. The van der Waals surface area contributed by atoms with E-state index < -0.39 is 0 Å². The Labute approximate surface area is 101 Å². The second-order valence-electron chi connectivity index (χ2n) is 4.16. The monoisotopic (exact) mass is 238 g/mol. The third-order valence-electron chi connectivity index (χ3n) is 2.57. The fraction of sp³-hybridized carbons (Fsp3) is 0.462. The molecule has 17 heavy (non-hydrogen) atoms. The molecule has 0 fully saturated rings. The molecule has 1 atom stereocenters. The van der Waals surface area contributed by atoms with Gasteiger partial charge in [-0.3, -0.25) is 4.79 Å². The summed E-state index contributed by atoms with van der Waals surface area (Å²) < 4.78 is 13.0. The predicted octanol–water partition coefficient (Wildman–Crippen LogP) is 2.32. The van der Waals surface area contributed by atoms with Crippen molar-refractivity contribution in [2.75, 3.05) is 18.4 Å². The molecule has 1 rings (SSSR count). The molecule has 0 heterocycles. The number of benzene rings is 1. The number of rotatable bonds is 5. The van der Waals surface area contributed by atoms with E-state index in [1.54, 1.807) is 19.1 Å². The summed E-state index contributed by atoms with van der Waals surface area (Å²) in [7, 11) is 0. The van der Waals surface area contributed by atoms with Gasteiger partial charge in [0.15, 0.2) is 0 Å². The van der Waals surface area contributed by atoms with Crippen molar-refractivity contribution >= 4 is 11.6 Å². The van der Waals surface area contributed by atoms with E-state index in [0.717, 1.165) is 6.54 Å². The zero-order valence-electron chi connectivity index (χ0n) is 10.5. The van der Waals surface area contributed by atoms with Crippen LogP contribution in [0.3, 0.4) is 0 Å². The first-order chi connectivity index (χ1) is 8.04.